The fourth-order valence-electron chi connectivity index (χ4n) is 0.377. The lowest BCUT2D eigenvalue weighted by Crippen LogP contribution is -1.89. The molecule has 0 amide bonds. The minimum Gasteiger partial charge on any atom is -0.481 e. The molecule has 0 saturated carbocycles. The van der Waals surface area contributed by atoms with Crippen molar-refractivity contribution in [3.05, 3.63) is 12.2 Å². The van der Waals surface area contributed by atoms with Crippen LogP contribution >= 0.6 is 0 Å². The summed E-state index contributed by atoms with van der Waals surface area (Å²) in [7, 11) is 0. The molecule has 0 aromatic heterocycles. The highest BCUT2D eigenvalue weighted by Gasteiger charge is 1.87. The van der Waals surface area contributed by atoms with Crippen LogP contribution in [0.2, 0.25) is 0 Å². The number of carboxylic acids is 1. The van der Waals surface area contributed by atoms with Gasteiger partial charge in [-0.2, -0.15) is 0 Å². The molecule has 2 N–H and O–H groups in total. The highest BCUT2D eigenvalue weighted by molar-refractivity contribution is 5.68. The van der Waals surface area contributed by atoms with Crippen molar-refractivity contribution >= 4 is 5.97 Å². The molecule has 0 atom stereocenters. The summed E-state index contributed by atoms with van der Waals surface area (Å²) >= 11 is 0. The molecule has 3 nitrogen and oxygen atoms in total. The first kappa shape index (κ1) is 8.17. The maximum Gasteiger partial charge on any atom is 0.307 e. The second-order valence-electron chi connectivity index (χ2n) is 1.58. The van der Waals surface area contributed by atoms with Crippen molar-refractivity contribution in [3.63, 3.8) is 0 Å². The number of hydrogen-bond acceptors (Lipinski definition) is 2. The molecule has 0 aliphatic carbocycles. The molecular weight excluding hydrogens is 120 g/mol. The average Bonchev–Trinajstić information content (AvgIpc) is 1.80. The van der Waals surface area contributed by atoms with Gasteiger partial charge in [0.15, 0.2) is 0 Å². The second kappa shape index (κ2) is 5.31. The quantitative estimate of drug-likeness (QED) is 0.541. The van der Waals surface area contributed by atoms with Gasteiger partial charge in [0.2, 0.25) is 0 Å². The van der Waals surface area contributed by atoms with Crippen molar-refractivity contribution in [1.82, 2.24) is 0 Å². The van der Waals surface area contributed by atoms with Crippen LogP contribution in [0.1, 0.15) is 12.8 Å². The topological polar surface area (TPSA) is 57.5 Å². The Hall–Kier alpha value is -0.830. The van der Waals surface area contributed by atoms with Crippen LogP contribution in [0, 0.1) is 0 Å². The van der Waals surface area contributed by atoms with Gasteiger partial charge in [0.25, 0.3) is 0 Å². The van der Waals surface area contributed by atoms with Gasteiger partial charge in [-0.15, -0.1) is 0 Å². The van der Waals surface area contributed by atoms with Crippen molar-refractivity contribution in [1.29, 1.82) is 0 Å². The number of aliphatic hydroxyl groups is 1. The van der Waals surface area contributed by atoms with E-state index in [1.165, 1.54) is 6.08 Å². The lowest BCUT2D eigenvalue weighted by atomic mass is 10.3. The number of rotatable bonds is 4. The van der Waals surface area contributed by atoms with Crippen molar-refractivity contribution in [2.75, 3.05) is 6.61 Å². The Labute approximate surface area is 53.6 Å². The molecule has 0 radical (unpaired) electrons. The summed E-state index contributed by atoms with van der Waals surface area (Å²) in [4.78, 5) is 9.85. The Morgan fingerprint density at radius 1 is 1.44 bits per heavy atom. The van der Waals surface area contributed by atoms with Gasteiger partial charge in [0, 0.05) is 6.61 Å². The molecule has 0 saturated heterocycles. The van der Waals surface area contributed by atoms with E-state index in [4.69, 9.17) is 10.2 Å². The summed E-state index contributed by atoms with van der Waals surface area (Å²) in [6.07, 6.45) is 3.75. The molecule has 0 rings (SSSR count). The number of carboxylic acid groups (broad SMARTS) is 1. The standard InChI is InChI=1S/C6H10O3/c7-5-3-1-2-4-6(8)9/h1-2,7H,3-5H2,(H,8,9)/b2-1-. The van der Waals surface area contributed by atoms with Crippen LogP contribution in [0.15, 0.2) is 12.2 Å². The Morgan fingerprint density at radius 3 is 2.56 bits per heavy atom. The first-order chi connectivity index (χ1) is 4.27. The third-order valence-corrected chi connectivity index (χ3v) is 0.755. The summed E-state index contributed by atoms with van der Waals surface area (Å²) in [6, 6.07) is 0. The smallest absolute Gasteiger partial charge is 0.307 e. The van der Waals surface area contributed by atoms with Crippen molar-refractivity contribution in [3.8, 4) is 0 Å². The van der Waals surface area contributed by atoms with Gasteiger partial charge in [-0.3, -0.25) is 4.79 Å². The third-order valence-electron chi connectivity index (χ3n) is 0.755. The predicted octanol–water partition coefficient (Wildman–Crippen LogP) is 0.400. The molecule has 9 heavy (non-hydrogen) atoms. The number of aliphatic hydroxyl groups excluding tert-OH is 1. The molecule has 0 unspecified atom stereocenters. The van der Waals surface area contributed by atoms with Crippen LogP contribution < -0.4 is 0 Å². The molecule has 0 aliphatic heterocycles. The summed E-state index contributed by atoms with van der Waals surface area (Å²) < 4.78 is 0. The predicted molar refractivity (Wildman–Crippen MR) is 33.1 cm³/mol. The van der Waals surface area contributed by atoms with E-state index in [0.29, 0.717) is 6.42 Å². The highest BCUT2D eigenvalue weighted by atomic mass is 16.4. The molecule has 0 aliphatic rings. The summed E-state index contributed by atoms with van der Waals surface area (Å²) in [5.41, 5.74) is 0. The Morgan fingerprint density at radius 2 is 2.11 bits per heavy atom. The Kier molecular flexibility index (Phi) is 4.82. The second-order valence-corrected chi connectivity index (χ2v) is 1.58. The number of carbonyl (C=O) groups is 1. The van der Waals surface area contributed by atoms with Gasteiger partial charge in [0.1, 0.15) is 0 Å². The third kappa shape index (κ3) is 7.17. The first-order valence-electron chi connectivity index (χ1n) is 2.75. The van der Waals surface area contributed by atoms with Gasteiger partial charge in [0.05, 0.1) is 6.42 Å². The highest BCUT2D eigenvalue weighted by Crippen LogP contribution is 1.85. The number of aliphatic carboxylic acids is 1. The Balaban J connectivity index is 3.14. The minimum atomic E-state index is -0.843. The summed E-state index contributed by atoms with van der Waals surface area (Å²) in [5.74, 6) is -0.843. The van der Waals surface area contributed by atoms with Crippen molar-refractivity contribution in [2.24, 2.45) is 0 Å². The zero-order valence-corrected chi connectivity index (χ0v) is 5.08. The monoisotopic (exact) mass is 130 g/mol. The molecule has 0 bridgehead atoms. The molecule has 52 valence electrons. The lowest BCUT2D eigenvalue weighted by molar-refractivity contribution is -0.136. The molecular formula is C6H10O3. The van der Waals surface area contributed by atoms with Gasteiger partial charge in [-0.25, -0.2) is 0 Å². The number of hydrogen-bond donors (Lipinski definition) is 2. The zero-order valence-electron chi connectivity index (χ0n) is 5.08. The van der Waals surface area contributed by atoms with Gasteiger partial charge in [-0.1, -0.05) is 12.2 Å². The molecule has 0 fully saturated rings. The average molecular weight is 130 g/mol. The van der Waals surface area contributed by atoms with E-state index in [-0.39, 0.29) is 13.0 Å². The fourth-order valence-corrected chi connectivity index (χ4v) is 0.377. The van der Waals surface area contributed by atoms with Crippen molar-refractivity contribution < 1.29 is 15.0 Å². The normalized spacial score (nSPS) is 10.3. The minimum absolute atomic E-state index is 0.0417. The van der Waals surface area contributed by atoms with Gasteiger partial charge < -0.3 is 10.2 Å². The van der Waals surface area contributed by atoms with Gasteiger partial charge in [-0.05, 0) is 6.42 Å². The van der Waals surface area contributed by atoms with E-state index in [2.05, 4.69) is 0 Å². The van der Waals surface area contributed by atoms with E-state index < -0.39 is 5.97 Å². The van der Waals surface area contributed by atoms with Crippen LogP contribution in [0.25, 0.3) is 0 Å². The molecule has 0 aromatic rings. The fraction of sp³-hybridized carbons (Fsp3) is 0.500. The zero-order chi connectivity index (χ0) is 7.11. The lowest BCUT2D eigenvalue weighted by Gasteiger charge is -1.83. The van der Waals surface area contributed by atoms with E-state index in [0.717, 1.165) is 0 Å². The van der Waals surface area contributed by atoms with Crippen LogP contribution in [0.4, 0.5) is 0 Å². The van der Waals surface area contributed by atoms with E-state index in [9.17, 15) is 4.79 Å². The maximum absolute atomic E-state index is 9.85. The largest absolute Gasteiger partial charge is 0.481 e. The van der Waals surface area contributed by atoms with Crippen LogP contribution in [-0.4, -0.2) is 22.8 Å². The SMILES string of the molecule is O=C(O)C/C=C\CCO. The van der Waals surface area contributed by atoms with E-state index in [1.807, 2.05) is 0 Å². The molecule has 0 spiro atoms. The molecule has 0 aromatic carbocycles. The Bertz CT molecular complexity index is 107. The molecule has 3 heteroatoms. The summed E-state index contributed by atoms with van der Waals surface area (Å²) in [6.45, 7) is 0.0795. The first-order valence-corrected chi connectivity index (χ1v) is 2.75. The van der Waals surface area contributed by atoms with E-state index in [1.54, 1.807) is 6.08 Å². The summed E-state index contributed by atoms with van der Waals surface area (Å²) in [5, 5.41) is 16.3. The van der Waals surface area contributed by atoms with Crippen LogP contribution in [0.5, 0.6) is 0 Å². The van der Waals surface area contributed by atoms with Crippen LogP contribution in [0.3, 0.4) is 0 Å². The maximum atomic E-state index is 9.85. The van der Waals surface area contributed by atoms with Crippen LogP contribution in [-0.2, 0) is 4.79 Å². The van der Waals surface area contributed by atoms with Gasteiger partial charge >= 0.3 is 5.97 Å². The van der Waals surface area contributed by atoms with E-state index >= 15 is 0 Å². The van der Waals surface area contributed by atoms with Crippen molar-refractivity contribution in [2.45, 2.75) is 12.8 Å². The molecule has 0 heterocycles.